The largest absolute Gasteiger partial charge is 0.344 e. The molecule has 0 spiro atoms. The number of nitrogens with one attached hydrogen (secondary N) is 2. The van der Waals surface area contributed by atoms with Gasteiger partial charge in [0.25, 0.3) is 0 Å². The number of halogens is 2. The molecular weight excluding hydrogens is 374 g/mol. The van der Waals surface area contributed by atoms with Gasteiger partial charge in [-0.1, -0.05) is 20.8 Å². The van der Waals surface area contributed by atoms with Crippen LogP contribution < -0.4 is 10.6 Å². The summed E-state index contributed by atoms with van der Waals surface area (Å²) in [6.45, 7) is 8.50. The molecule has 0 heterocycles. The minimum atomic E-state index is -0.841. The molecule has 1 atom stereocenters. The molecule has 1 aromatic rings. The van der Waals surface area contributed by atoms with E-state index in [0.29, 0.717) is 0 Å². The second-order valence-electron chi connectivity index (χ2n) is 11.1. The predicted molar refractivity (Wildman–Crippen MR) is 107 cm³/mol. The molecule has 0 aromatic heterocycles. The van der Waals surface area contributed by atoms with Gasteiger partial charge in [-0.05, 0) is 73.8 Å². The maximum atomic E-state index is 13.8. The Morgan fingerprint density at radius 3 is 1.93 bits per heavy atom. The number of benzene rings is 1. The van der Waals surface area contributed by atoms with E-state index in [1.807, 2.05) is 0 Å². The third-order valence-electron chi connectivity index (χ3n) is 7.27. The molecule has 4 bridgehead atoms. The molecule has 0 radical (unpaired) electrons. The highest BCUT2D eigenvalue weighted by Crippen LogP contribution is 2.73. The van der Waals surface area contributed by atoms with Crippen molar-refractivity contribution in [2.45, 2.75) is 72.3 Å². The van der Waals surface area contributed by atoms with Gasteiger partial charge in [0.05, 0.1) is 11.1 Å². The number of carbonyl (C=O) groups is 2. The number of rotatable bonds is 4. The number of hydrogen-bond acceptors (Lipinski definition) is 2. The second-order valence-corrected chi connectivity index (χ2v) is 11.1. The highest BCUT2D eigenvalue weighted by Gasteiger charge is 2.66. The Morgan fingerprint density at radius 2 is 1.45 bits per heavy atom. The minimum absolute atomic E-state index is 0.0671. The zero-order chi connectivity index (χ0) is 21.2. The van der Waals surface area contributed by atoms with Gasteiger partial charge >= 0.3 is 0 Å². The summed E-state index contributed by atoms with van der Waals surface area (Å²) in [6.07, 6.45) is 6.05. The van der Waals surface area contributed by atoms with E-state index in [0.717, 1.165) is 50.7 Å². The van der Waals surface area contributed by atoms with Crippen LogP contribution in [0.4, 0.5) is 14.5 Å². The fraction of sp³-hybridized carbons (Fsp3) is 0.652. The average Bonchev–Trinajstić information content (AvgIpc) is 2.52. The van der Waals surface area contributed by atoms with E-state index in [1.54, 1.807) is 6.92 Å². The summed E-state index contributed by atoms with van der Waals surface area (Å²) in [7, 11) is 0. The van der Waals surface area contributed by atoms with Crippen LogP contribution >= 0.6 is 0 Å². The van der Waals surface area contributed by atoms with Crippen molar-refractivity contribution < 1.29 is 18.4 Å². The van der Waals surface area contributed by atoms with Crippen LogP contribution in [0.15, 0.2) is 18.2 Å². The molecule has 29 heavy (non-hydrogen) atoms. The Bertz CT molecular complexity index is 830. The zero-order valence-electron chi connectivity index (χ0n) is 17.6. The van der Waals surface area contributed by atoms with Crippen molar-refractivity contribution in [1.29, 1.82) is 0 Å². The van der Waals surface area contributed by atoms with E-state index in [-0.39, 0.29) is 27.8 Å². The van der Waals surface area contributed by atoms with E-state index in [9.17, 15) is 18.4 Å². The molecule has 4 saturated carbocycles. The van der Waals surface area contributed by atoms with Gasteiger partial charge in [0.2, 0.25) is 11.8 Å². The van der Waals surface area contributed by atoms with E-state index in [1.165, 1.54) is 6.07 Å². The zero-order valence-corrected chi connectivity index (χ0v) is 17.6. The Labute approximate surface area is 170 Å². The number of amides is 2. The summed E-state index contributed by atoms with van der Waals surface area (Å²) in [6, 6.07) is 2.17. The maximum absolute atomic E-state index is 13.8. The fourth-order valence-corrected chi connectivity index (χ4v) is 7.78. The molecule has 158 valence electrons. The molecule has 4 fully saturated rings. The van der Waals surface area contributed by atoms with Crippen molar-refractivity contribution >= 4 is 17.5 Å². The summed E-state index contributed by atoms with van der Waals surface area (Å²) >= 11 is 0. The predicted octanol–water partition coefficient (Wildman–Crippen LogP) is 4.79. The van der Waals surface area contributed by atoms with Gasteiger partial charge in [0.15, 0.2) is 0 Å². The summed E-state index contributed by atoms with van der Waals surface area (Å²) in [5, 5.41) is 5.34. The molecular formula is C23H30F2N2O2. The second kappa shape index (κ2) is 6.26. The van der Waals surface area contributed by atoms with Crippen molar-refractivity contribution in [3.05, 3.63) is 29.8 Å². The van der Waals surface area contributed by atoms with Gasteiger partial charge in [-0.3, -0.25) is 9.59 Å². The van der Waals surface area contributed by atoms with E-state index >= 15 is 0 Å². The molecule has 4 nitrogen and oxygen atoms in total. The van der Waals surface area contributed by atoms with Crippen molar-refractivity contribution in [2.75, 3.05) is 5.32 Å². The summed E-state index contributed by atoms with van der Waals surface area (Å²) in [5.74, 6) is -2.13. The van der Waals surface area contributed by atoms with Gasteiger partial charge in [0, 0.05) is 6.07 Å². The molecule has 4 aliphatic rings. The van der Waals surface area contributed by atoms with Crippen LogP contribution in [0.5, 0.6) is 0 Å². The average molecular weight is 405 g/mol. The van der Waals surface area contributed by atoms with Gasteiger partial charge in [0.1, 0.15) is 17.7 Å². The van der Waals surface area contributed by atoms with Gasteiger partial charge < -0.3 is 10.6 Å². The SMILES string of the molecule is CC(NC(=O)C12CC3(C)CC(C)(CC(C)(C3)C1)C2)C(=O)Nc1ccc(F)cc1F. The number of hydrogen-bond donors (Lipinski definition) is 2. The Morgan fingerprint density at radius 1 is 0.931 bits per heavy atom. The van der Waals surface area contributed by atoms with Crippen LogP contribution in [0.3, 0.4) is 0 Å². The fourth-order valence-electron chi connectivity index (χ4n) is 7.78. The van der Waals surface area contributed by atoms with Crippen LogP contribution in [0, 0.1) is 33.3 Å². The highest BCUT2D eigenvalue weighted by atomic mass is 19.1. The van der Waals surface area contributed by atoms with Gasteiger partial charge in [-0.2, -0.15) is 0 Å². The molecule has 0 saturated heterocycles. The Hall–Kier alpha value is -1.98. The first-order chi connectivity index (χ1) is 13.4. The lowest BCUT2D eigenvalue weighted by Crippen LogP contribution is -2.63. The van der Waals surface area contributed by atoms with Crippen LogP contribution in [0.1, 0.15) is 66.2 Å². The third-order valence-corrected chi connectivity index (χ3v) is 7.27. The first-order valence-corrected chi connectivity index (χ1v) is 10.4. The first-order valence-electron chi connectivity index (χ1n) is 10.4. The molecule has 0 aliphatic heterocycles. The van der Waals surface area contributed by atoms with Crippen molar-refractivity contribution in [3.63, 3.8) is 0 Å². The van der Waals surface area contributed by atoms with E-state index in [4.69, 9.17) is 0 Å². The Kier molecular flexibility index (Phi) is 4.38. The topological polar surface area (TPSA) is 58.2 Å². The van der Waals surface area contributed by atoms with Crippen molar-refractivity contribution in [2.24, 2.45) is 21.7 Å². The standard InChI is InChI=1S/C23H30F2N2O2/c1-14(18(28)27-17-6-5-15(24)7-16(17)25)26-19(29)23-11-20(2)8-21(3,12-23)10-22(4,9-20)13-23/h5-7,14H,8-13H2,1-4H3,(H,26,29)(H,27,28). The van der Waals surface area contributed by atoms with Crippen LogP contribution in [0.2, 0.25) is 0 Å². The van der Waals surface area contributed by atoms with Crippen molar-refractivity contribution in [1.82, 2.24) is 5.32 Å². The van der Waals surface area contributed by atoms with Gasteiger partial charge in [-0.25, -0.2) is 8.78 Å². The highest BCUT2D eigenvalue weighted by molar-refractivity contribution is 5.97. The summed E-state index contributed by atoms with van der Waals surface area (Å²) < 4.78 is 26.9. The smallest absolute Gasteiger partial charge is 0.246 e. The quantitative estimate of drug-likeness (QED) is 0.758. The Balaban J connectivity index is 1.48. The van der Waals surface area contributed by atoms with Crippen molar-refractivity contribution in [3.8, 4) is 0 Å². The lowest BCUT2D eigenvalue weighted by molar-refractivity contribution is -0.192. The first kappa shape index (κ1) is 20.3. The molecule has 1 aromatic carbocycles. The lowest BCUT2D eigenvalue weighted by Gasteiger charge is -2.68. The van der Waals surface area contributed by atoms with Gasteiger partial charge in [-0.15, -0.1) is 0 Å². The number of carbonyl (C=O) groups excluding carboxylic acids is 2. The minimum Gasteiger partial charge on any atom is -0.344 e. The van der Waals surface area contributed by atoms with E-state index < -0.39 is 29.0 Å². The molecule has 1 unspecified atom stereocenters. The van der Waals surface area contributed by atoms with Crippen LogP contribution in [-0.4, -0.2) is 17.9 Å². The normalized spacial score (nSPS) is 38.6. The molecule has 5 rings (SSSR count). The maximum Gasteiger partial charge on any atom is 0.246 e. The monoisotopic (exact) mass is 404 g/mol. The molecule has 6 heteroatoms. The van der Waals surface area contributed by atoms with Crippen LogP contribution in [0.25, 0.3) is 0 Å². The van der Waals surface area contributed by atoms with E-state index in [2.05, 4.69) is 31.4 Å². The summed E-state index contributed by atoms with van der Waals surface area (Å²) in [5.41, 5.74) is -0.0442. The summed E-state index contributed by atoms with van der Waals surface area (Å²) in [4.78, 5) is 25.9. The third kappa shape index (κ3) is 3.55. The van der Waals surface area contributed by atoms with Crippen LogP contribution in [-0.2, 0) is 9.59 Å². The molecule has 4 aliphatic carbocycles. The molecule has 2 amide bonds. The lowest BCUT2D eigenvalue weighted by atomic mass is 9.36. The molecule has 2 N–H and O–H groups in total. The number of anilines is 1.